The molecule has 1 amide bonds. The van der Waals surface area contributed by atoms with Crippen molar-refractivity contribution in [2.45, 2.75) is 52.8 Å². The van der Waals surface area contributed by atoms with Gasteiger partial charge in [0.1, 0.15) is 17.2 Å². The number of carbonyl (C=O) groups is 1. The maximum Gasteiger partial charge on any atom is 0.407 e. The zero-order valence-electron chi connectivity index (χ0n) is 23.1. The number of nitrogens with zero attached hydrogens (tertiary/aromatic N) is 2. The van der Waals surface area contributed by atoms with Gasteiger partial charge in [-0.1, -0.05) is 17.7 Å². The van der Waals surface area contributed by atoms with Crippen LogP contribution < -0.4 is 20.1 Å². The van der Waals surface area contributed by atoms with Crippen LogP contribution in [0.15, 0.2) is 42.5 Å². The van der Waals surface area contributed by atoms with Crippen LogP contribution in [0.1, 0.15) is 50.0 Å². The Bertz CT molecular complexity index is 1500. The quantitative estimate of drug-likeness (QED) is 0.227. The molecule has 0 saturated carbocycles. The largest absolute Gasteiger partial charge is 0.493 e. The van der Waals surface area contributed by atoms with Crippen molar-refractivity contribution in [2.75, 3.05) is 19.5 Å². The Hall–Kier alpha value is -3.56. The van der Waals surface area contributed by atoms with E-state index in [1.165, 1.54) is 0 Å². The first-order valence-corrected chi connectivity index (χ1v) is 13.7. The molecular weight excluding hydrogens is 536 g/mol. The standard InChI is InChI=1S/C29H33ClN4O4S/c1-16(32-27-21-13-23(36-6)24(37-7)14-22(21)33-17(2)34-27)25-10-11-26(39-25)20-9-8-19(30)12-18(20)15-31-28(35)38-29(3,4)5/h8-14,16H,15H2,1-7H3,(H,31,35)(H,32,33,34). The molecule has 0 aliphatic carbocycles. The van der Waals surface area contributed by atoms with Crippen LogP contribution in [0.25, 0.3) is 21.3 Å². The molecule has 1 unspecified atom stereocenters. The zero-order chi connectivity index (χ0) is 28.3. The van der Waals surface area contributed by atoms with E-state index in [9.17, 15) is 4.79 Å². The number of anilines is 1. The molecular formula is C29H33ClN4O4S. The van der Waals surface area contributed by atoms with Gasteiger partial charge in [0.25, 0.3) is 0 Å². The molecule has 0 fully saturated rings. The fourth-order valence-corrected chi connectivity index (χ4v) is 5.38. The molecule has 10 heteroatoms. The van der Waals surface area contributed by atoms with Crippen LogP contribution in [0, 0.1) is 6.92 Å². The Morgan fingerprint density at radius 2 is 1.77 bits per heavy atom. The van der Waals surface area contributed by atoms with Crippen molar-refractivity contribution >= 4 is 45.8 Å². The van der Waals surface area contributed by atoms with Gasteiger partial charge in [-0.25, -0.2) is 14.8 Å². The number of fused-ring (bicyclic) bond motifs is 1. The molecule has 0 aliphatic rings. The second-order valence-electron chi connectivity index (χ2n) is 10.1. The summed E-state index contributed by atoms with van der Waals surface area (Å²) in [5.41, 5.74) is 2.10. The molecule has 4 rings (SSSR count). The van der Waals surface area contributed by atoms with Gasteiger partial charge < -0.3 is 24.8 Å². The van der Waals surface area contributed by atoms with Crippen LogP contribution in [0.2, 0.25) is 5.02 Å². The molecule has 4 aromatic rings. The molecule has 1 atom stereocenters. The highest BCUT2D eigenvalue weighted by atomic mass is 35.5. The average molecular weight is 569 g/mol. The number of methoxy groups -OCH3 is 2. The van der Waals surface area contributed by atoms with Gasteiger partial charge in [-0.2, -0.15) is 0 Å². The minimum Gasteiger partial charge on any atom is -0.493 e. The van der Waals surface area contributed by atoms with Crippen molar-refractivity contribution in [1.82, 2.24) is 15.3 Å². The smallest absolute Gasteiger partial charge is 0.407 e. The minimum atomic E-state index is -0.572. The highest BCUT2D eigenvalue weighted by Gasteiger charge is 2.19. The van der Waals surface area contributed by atoms with E-state index in [4.69, 9.17) is 25.8 Å². The van der Waals surface area contributed by atoms with Crippen LogP contribution in [-0.2, 0) is 11.3 Å². The summed E-state index contributed by atoms with van der Waals surface area (Å²) in [6.45, 7) is 9.74. The van der Waals surface area contributed by atoms with Crippen LogP contribution >= 0.6 is 22.9 Å². The van der Waals surface area contributed by atoms with Crippen molar-refractivity contribution in [1.29, 1.82) is 0 Å². The lowest BCUT2D eigenvalue weighted by Crippen LogP contribution is -2.32. The summed E-state index contributed by atoms with van der Waals surface area (Å²) in [5.74, 6) is 2.60. The fraction of sp³-hybridized carbons (Fsp3) is 0.345. The van der Waals surface area contributed by atoms with Crippen LogP contribution in [-0.4, -0.2) is 35.9 Å². The number of aromatic nitrogens is 2. The Morgan fingerprint density at radius 1 is 1.05 bits per heavy atom. The van der Waals surface area contributed by atoms with Gasteiger partial charge in [-0.3, -0.25) is 0 Å². The summed E-state index contributed by atoms with van der Waals surface area (Å²) in [4.78, 5) is 23.7. The number of hydrogen-bond donors (Lipinski definition) is 2. The van der Waals surface area contributed by atoms with E-state index >= 15 is 0 Å². The first-order valence-electron chi connectivity index (χ1n) is 12.5. The number of thiophene rings is 1. The van der Waals surface area contributed by atoms with Crippen molar-refractivity contribution in [3.8, 4) is 21.9 Å². The molecule has 0 aliphatic heterocycles. The normalized spacial score (nSPS) is 12.2. The summed E-state index contributed by atoms with van der Waals surface area (Å²) >= 11 is 7.96. The summed E-state index contributed by atoms with van der Waals surface area (Å²) in [7, 11) is 3.21. The van der Waals surface area contributed by atoms with Gasteiger partial charge >= 0.3 is 6.09 Å². The number of carbonyl (C=O) groups excluding carboxylic acids is 1. The van der Waals surface area contributed by atoms with E-state index in [1.807, 2.05) is 58.0 Å². The second-order valence-corrected chi connectivity index (χ2v) is 11.6. The topological polar surface area (TPSA) is 94.6 Å². The van der Waals surface area contributed by atoms with E-state index in [1.54, 1.807) is 25.6 Å². The monoisotopic (exact) mass is 568 g/mol. The zero-order valence-corrected chi connectivity index (χ0v) is 24.7. The minimum absolute atomic E-state index is 0.0371. The van der Waals surface area contributed by atoms with Gasteiger partial charge in [0.15, 0.2) is 11.5 Å². The Balaban J connectivity index is 1.58. The summed E-state index contributed by atoms with van der Waals surface area (Å²) < 4.78 is 16.3. The number of alkyl carbamates (subject to hydrolysis) is 1. The van der Waals surface area contributed by atoms with Crippen molar-refractivity contribution in [3.05, 3.63) is 63.8 Å². The first kappa shape index (κ1) is 28.4. The van der Waals surface area contributed by atoms with Crippen LogP contribution in [0.5, 0.6) is 11.5 Å². The highest BCUT2D eigenvalue weighted by Crippen LogP contribution is 2.38. The number of rotatable bonds is 8. The summed E-state index contributed by atoms with van der Waals surface area (Å²) in [6.07, 6.45) is -0.472. The van der Waals surface area contributed by atoms with Crippen molar-refractivity contribution in [3.63, 3.8) is 0 Å². The Kier molecular flexibility index (Phi) is 8.51. The third-order valence-corrected chi connectivity index (χ3v) is 7.41. The number of hydrogen-bond acceptors (Lipinski definition) is 8. The highest BCUT2D eigenvalue weighted by molar-refractivity contribution is 7.15. The van der Waals surface area contributed by atoms with Crippen molar-refractivity contribution < 1.29 is 19.0 Å². The Morgan fingerprint density at radius 3 is 2.46 bits per heavy atom. The molecule has 0 saturated heterocycles. The average Bonchev–Trinajstić information content (AvgIpc) is 3.36. The molecule has 0 radical (unpaired) electrons. The molecule has 2 N–H and O–H groups in total. The van der Waals surface area contributed by atoms with Gasteiger partial charge in [-0.15, -0.1) is 11.3 Å². The predicted molar refractivity (Wildman–Crippen MR) is 157 cm³/mol. The molecule has 39 heavy (non-hydrogen) atoms. The SMILES string of the molecule is COc1cc2nc(C)nc(NC(C)c3ccc(-c4ccc(Cl)cc4CNC(=O)OC(C)(C)C)s3)c2cc1OC. The molecule has 2 aromatic carbocycles. The summed E-state index contributed by atoms with van der Waals surface area (Å²) in [5, 5.41) is 7.83. The predicted octanol–water partition coefficient (Wildman–Crippen LogP) is 7.54. The fourth-order valence-electron chi connectivity index (χ4n) is 4.12. The molecule has 2 aromatic heterocycles. The maximum atomic E-state index is 12.2. The van der Waals surface area contributed by atoms with Gasteiger partial charge in [0.2, 0.25) is 0 Å². The van der Waals surface area contributed by atoms with E-state index < -0.39 is 11.7 Å². The number of benzene rings is 2. The summed E-state index contributed by atoms with van der Waals surface area (Å²) in [6, 6.07) is 13.6. The van der Waals surface area contributed by atoms with Gasteiger partial charge in [0, 0.05) is 32.8 Å². The molecule has 2 heterocycles. The molecule has 8 nitrogen and oxygen atoms in total. The van der Waals surface area contributed by atoms with Crippen LogP contribution in [0.4, 0.5) is 10.6 Å². The number of nitrogens with one attached hydrogen (secondary N) is 2. The number of ether oxygens (including phenoxy) is 3. The first-order chi connectivity index (χ1) is 18.5. The number of amides is 1. The molecule has 0 bridgehead atoms. The third-order valence-electron chi connectivity index (χ3n) is 5.87. The van der Waals surface area contributed by atoms with E-state index in [0.717, 1.165) is 37.6 Å². The van der Waals surface area contributed by atoms with E-state index in [-0.39, 0.29) is 6.04 Å². The van der Waals surface area contributed by atoms with Gasteiger partial charge in [0.05, 0.1) is 25.8 Å². The van der Waals surface area contributed by atoms with E-state index in [0.29, 0.717) is 28.9 Å². The number of halogens is 1. The lowest BCUT2D eigenvalue weighted by molar-refractivity contribution is 0.0523. The van der Waals surface area contributed by atoms with E-state index in [2.05, 4.69) is 39.7 Å². The molecule has 0 spiro atoms. The van der Waals surface area contributed by atoms with Crippen LogP contribution in [0.3, 0.4) is 0 Å². The molecule has 206 valence electrons. The third kappa shape index (κ3) is 6.91. The lowest BCUT2D eigenvalue weighted by Gasteiger charge is -2.20. The second kappa shape index (κ2) is 11.7. The Labute approximate surface area is 237 Å². The maximum absolute atomic E-state index is 12.2. The van der Waals surface area contributed by atoms with Gasteiger partial charge in [-0.05, 0) is 76.1 Å². The van der Waals surface area contributed by atoms with Crippen molar-refractivity contribution in [2.24, 2.45) is 0 Å². The lowest BCUT2D eigenvalue weighted by atomic mass is 10.1. The number of aryl methyl sites for hydroxylation is 1.